The van der Waals surface area contributed by atoms with Crippen molar-refractivity contribution in [3.8, 4) is 0 Å². The number of carbonyl (C=O) groups is 1. The Morgan fingerprint density at radius 3 is 1.89 bits per heavy atom. The highest BCUT2D eigenvalue weighted by Crippen LogP contribution is 1.95. The van der Waals surface area contributed by atoms with Crippen LogP contribution in [0.15, 0.2) is 0 Å². The van der Waals surface area contributed by atoms with E-state index in [2.05, 4.69) is 5.73 Å². The summed E-state index contributed by atoms with van der Waals surface area (Å²) >= 11 is 0. The largest absolute Gasteiger partial charge is 0.367 e. The average Bonchev–Trinajstić information content (AvgIpc) is 1.65. The number of carbonyl (C=O) groups excluding carboxylic acids is 1. The summed E-state index contributed by atoms with van der Waals surface area (Å²) in [5, 5.41) is 0. The van der Waals surface area contributed by atoms with E-state index < -0.39 is 21.5 Å². The lowest BCUT2D eigenvalue weighted by molar-refractivity contribution is -0.119. The average molecular weight is 152 g/mol. The van der Waals surface area contributed by atoms with Crippen LogP contribution in [0.1, 0.15) is 6.92 Å². The number of primary amides is 1. The standard InChI is InChI=1S/C3H8N2O3S/c1-3(5,2(4)6)9(7)8/h9H,5H2,1H3,(H2,4,6). The van der Waals surface area contributed by atoms with Crippen molar-refractivity contribution in [2.45, 2.75) is 11.8 Å². The first-order chi connectivity index (χ1) is 3.89. The number of hydrogen-bond acceptors (Lipinski definition) is 4. The number of thiol groups is 1. The van der Waals surface area contributed by atoms with E-state index in [0.29, 0.717) is 0 Å². The van der Waals surface area contributed by atoms with Gasteiger partial charge in [-0.25, -0.2) is 8.42 Å². The predicted octanol–water partition coefficient (Wildman–Crippen LogP) is -2.24. The SMILES string of the molecule is CC(N)(C(N)=O)[SH](=O)=O. The van der Waals surface area contributed by atoms with Crippen molar-refractivity contribution in [1.29, 1.82) is 0 Å². The molecule has 0 radical (unpaired) electrons. The third kappa shape index (κ3) is 1.65. The van der Waals surface area contributed by atoms with Crippen LogP contribution in [0.3, 0.4) is 0 Å². The van der Waals surface area contributed by atoms with Gasteiger partial charge >= 0.3 is 0 Å². The molecule has 0 aliphatic carbocycles. The minimum Gasteiger partial charge on any atom is -0.367 e. The van der Waals surface area contributed by atoms with Crippen LogP contribution in [-0.2, 0) is 15.5 Å². The molecule has 54 valence electrons. The fourth-order valence-corrected chi connectivity index (χ4v) is 0.270. The highest BCUT2D eigenvalue weighted by Gasteiger charge is 2.29. The van der Waals surface area contributed by atoms with Gasteiger partial charge in [-0.05, 0) is 6.92 Å². The minimum absolute atomic E-state index is 1.04. The zero-order chi connectivity index (χ0) is 7.65. The molecule has 0 aliphatic rings. The Balaban J connectivity index is 4.59. The molecule has 5 nitrogen and oxygen atoms in total. The van der Waals surface area contributed by atoms with Gasteiger partial charge in [0, 0.05) is 0 Å². The number of hydrogen-bond donors (Lipinski definition) is 3. The molecule has 9 heavy (non-hydrogen) atoms. The molecule has 0 aromatic rings. The third-order valence-electron chi connectivity index (χ3n) is 0.878. The van der Waals surface area contributed by atoms with Crippen LogP contribution < -0.4 is 11.5 Å². The lowest BCUT2D eigenvalue weighted by atomic mass is 10.3. The van der Waals surface area contributed by atoms with E-state index in [1.54, 1.807) is 0 Å². The first-order valence-electron chi connectivity index (χ1n) is 2.12. The normalized spacial score (nSPS) is 17.2. The molecule has 0 bridgehead atoms. The fourth-order valence-electron chi connectivity index (χ4n) is 0.0900. The van der Waals surface area contributed by atoms with Gasteiger partial charge in [-0.15, -0.1) is 0 Å². The van der Waals surface area contributed by atoms with Crippen LogP contribution in [0.5, 0.6) is 0 Å². The van der Waals surface area contributed by atoms with E-state index in [-0.39, 0.29) is 0 Å². The van der Waals surface area contributed by atoms with Crippen molar-refractivity contribution in [3.63, 3.8) is 0 Å². The van der Waals surface area contributed by atoms with Gasteiger partial charge < -0.3 is 11.5 Å². The molecule has 0 aromatic carbocycles. The summed E-state index contributed by atoms with van der Waals surface area (Å²) in [6.45, 7) is 1.04. The Bertz CT molecular complexity index is 187. The number of rotatable bonds is 2. The molecule has 0 aromatic heterocycles. The lowest BCUT2D eigenvalue weighted by Crippen LogP contribution is -2.50. The van der Waals surface area contributed by atoms with E-state index in [1.165, 1.54) is 0 Å². The Morgan fingerprint density at radius 2 is 1.89 bits per heavy atom. The highest BCUT2D eigenvalue weighted by molar-refractivity contribution is 7.75. The third-order valence-corrected chi connectivity index (χ3v) is 1.86. The Hall–Kier alpha value is -0.620. The quantitative estimate of drug-likeness (QED) is 0.389. The lowest BCUT2D eigenvalue weighted by Gasteiger charge is -2.09. The van der Waals surface area contributed by atoms with E-state index >= 15 is 0 Å². The van der Waals surface area contributed by atoms with Gasteiger partial charge in [0.15, 0.2) is 15.6 Å². The maximum absolute atomic E-state index is 10.2. The van der Waals surface area contributed by atoms with Crippen molar-refractivity contribution >= 4 is 16.6 Å². The molecule has 0 saturated heterocycles. The summed E-state index contributed by atoms with van der Waals surface area (Å²) in [5.74, 6) is -1.04. The first kappa shape index (κ1) is 8.38. The van der Waals surface area contributed by atoms with Crippen molar-refractivity contribution in [3.05, 3.63) is 0 Å². The molecule has 0 fully saturated rings. The number of nitrogens with two attached hydrogens (primary N) is 2. The van der Waals surface area contributed by atoms with E-state index in [9.17, 15) is 13.2 Å². The molecule has 0 heterocycles. The predicted molar refractivity (Wildman–Crippen MR) is 32.1 cm³/mol. The van der Waals surface area contributed by atoms with Gasteiger partial charge in [0.05, 0.1) is 0 Å². The summed E-state index contributed by atoms with van der Waals surface area (Å²) in [4.78, 5) is 8.27. The molecule has 6 heteroatoms. The van der Waals surface area contributed by atoms with Crippen molar-refractivity contribution in [2.24, 2.45) is 11.5 Å². The molecule has 4 N–H and O–H groups in total. The maximum atomic E-state index is 10.2. The smallest absolute Gasteiger partial charge is 0.252 e. The van der Waals surface area contributed by atoms with Gasteiger partial charge in [-0.3, -0.25) is 4.79 Å². The monoisotopic (exact) mass is 152 g/mol. The van der Waals surface area contributed by atoms with E-state index in [0.717, 1.165) is 6.92 Å². The summed E-state index contributed by atoms with van der Waals surface area (Å²) in [5.41, 5.74) is 9.56. The van der Waals surface area contributed by atoms with Crippen LogP contribution >= 0.6 is 0 Å². The topological polar surface area (TPSA) is 103 Å². The zero-order valence-electron chi connectivity index (χ0n) is 4.83. The Labute approximate surface area is 54.0 Å². The van der Waals surface area contributed by atoms with Gasteiger partial charge in [0.25, 0.3) is 5.91 Å². The van der Waals surface area contributed by atoms with E-state index in [4.69, 9.17) is 5.73 Å². The van der Waals surface area contributed by atoms with Crippen LogP contribution in [0.25, 0.3) is 0 Å². The molecular formula is C3H8N2O3S. The minimum atomic E-state index is -2.98. The van der Waals surface area contributed by atoms with Crippen LogP contribution in [-0.4, -0.2) is 19.2 Å². The van der Waals surface area contributed by atoms with Gasteiger partial charge in [0.2, 0.25) is 0 Å². The Kier molecular flexibility index (Phi) is 2.16. The molecule has 1 atom stereocenters. The molecular weight excluding hydrogens is 144 g/mol. The summed E-state index contributed by atoms with van der Waals surface area (Å²) in [7, 11) is -2.98. The van der Waals surface area contributed by atoms with Gasteiger partial charge in [0.1, 0.15) is 0 Å². The van der Waals surface area contributed by atoms with Crippen molar-refractivity contribution in [2.75, 3.05) is 0 Å². The Morgan fingerprint density at radius 1 is 1.56 bits per heavy atom. The van der Waals surface area contributed by atoms with E-state index in [1.807, 2.05) is 0 Å². The first-order valence-corrected chi connectivity index (χ1v) is 3.30. The molecule has 1 unspecified atom stereocenters. The summed E-state index contributed by atoms with van der Waals surface area (Å²) in [6.07, 6.45) is 0. The van der Waals surface area contributed by atoms with Gasteiger partial charge in [-0.1, -0.05) is 0 Å². The molecule has 0 aliphatic heterocycles. The van der Waals surface area contributed by atoms with Crippen LogP contribution in [0.4, 0.5) is 0 Å². The summed E-state index contributed by atoms with van der Waals surface area (Å²) in [6, 6.07) is 0. The van der Waals surface area contributed by atoms with Gasteiger partial charge in [-0.2, -0.15) is 0 Å². The second-order valence-electron chi connectivity index (χ2n) is 1.77. The zero-order valence-corrected chi connectivity index (χ0v) is 5.72. The summed E-state index contributed by atoms with van der Waals surface area (Å²) < 4.78 is 20.1. The highest BCUT2D eigenvalue weighted by atomic mass is 32.2. The molecule has 0 rings (SSSR count). The number of amides is 1. The van der Waals surface area contributed by atoms with Crippen molar-refractivity contribution in [1.82, 2.24) is 0 Å². The van der Waals surface area contributed by atoms with Crippen LogP contribution in [0, 0.1) is 0 Å². The molecule has 0 spiro atoms. The fraction of sp³-hybridized carbons (Fsp3) is 0.667. The second kappa shape index (κ2) is 2.32. The molecule has 1 amide bonds. The second-order valence-corrected chi connectivity index (χ2v) is 3.21. The molecule has 0 saturated carbocycles. The maximum Gasteiger partial charge on any atom is 0.252 e. The van der Waals surface area contributed by atoms with Crippen LogP contribution in [0.2, 0.25) is 0 Å². The van der Waals surface area contributed by atoms with Crippen molar-refractivity contribution < 1.29 is 13.2 Å².